The second-order valence-electron chi connectivity index (χ2n) is 3.74. The maximum Gasteiger partial charge on any atom is 0.265 e. The highest BCUT2D eigenvalue weighted by Crippen LogP contribution is 2.11. The molecule has 1 N–H and O–H groups in total. The SMILES string of the molecule is CCCc1nc(CCOCC(F)F)[nH]c(=O)c1Br. The second-order valence-corrected chi connectivity index (χ2v) is 4.53. The van der Waals surface area contributed by atoms with Crippen LogP contribution in [0.4, 0.5) is 8.78 Å². The molecule has 0 amide bonds. The minimum Gasteiger partial charge on any atom is -0.375 e. The van der Waals surface area contributed by atoms with Crippen molar-refractivity contribution in [2.75, 3.05) is 13.2 Å². The van der Waals surface area contributed by atoms with Crippen molar-refractivity contribution in [1.82, 2.24) is 9.97 Å². The number of ether oxygens (including phenoxy) is 1. The Morgan fingerprint density at radius 3 is 2.78 bits per heavy atom. The summed E-state index contributed by atoms with van der Waals surface area (Å²) in [5, 5.41) is 0. The molecule has 1 rings (SSSR count). The zero-order chi connectivity index (χ0) is 13.5. The number of halogens is 3. The molecule has 4 nitrogen and oxygen atoms in total. The van der Waals surface area contributed by atoms with E-state index < -0.39 is 13.0 Å². The molecular weight excluding hydrogens is 310 g/mol. The molecule has 0 fully saturated rings. The van der Waals surface area contributed by atoms with E-state index >= 15 is 0 Å². The summed E-state index contributed by atoms with van der Waals surface area (Å²) in [6.45, 7) is 1.50. The van der Waals surface area contributed by atoms with Crippen LogP contribution >= 0.6 is 15.9 Å². The second kappa shape index (κ2) is 7.58. The van der Waals surface area contributed by atoms with Crippen molar-refractivity contribution in [2.45, 2.75) is 32.6 Å². The van der Waals surface area contributed by atoms with Crippen molar-refractivity contribution < 1.29 is 13.5 Å². The summed E-state index contributed by atoms with van der Waals surface area (Å²) in [5.41, 5.74) is 0.433. The van der Waals surface area contributed by atoms with E-state index in [0.717, 1.165) is 6.42 Å². The Hall–Kier alpha value is -0.820. The number of aromatic nitrogens is 2. The molecule has 0 saturated carbocycles. The van der Waals surface area contributed by atoms with Gasteiger partial charge in [-0.15, -0.1) is 0 Å². The van der Waals surface area contributed by atoms with Crippen molar-refractivity contribution in [3.8, 4) is 0 Å². The molecule has 1 heterocycles. The van der Waals surface area contributed by atoms with Crippen LogP contribution in [-0.2, 0) is 17.6 Å². The standard InChI is InChI=1S/C11H15BrF2N2O2/c1-2-3-7-10(12)11(17)16-9(15-7)4-5-18-6-8(13)14/h8H,2-6H2,1H3,(H,15,16,17). The lowest BCUT2D eigenvalue weighted by Gasteiger charge is -2.06. The number of aryl methyl sites for hydroxylation is 1. The molecule has 1 aromatic heterocycles. The molecule has 0 unspecified atom stereocenters. The quantitative estimate of drug-likeness (QED) is 0.783. The van der Waals surface area contributed by atoms with Gasteiger partial charge in [-0.3, -0.25) is 4.79 Å². The Kier molecular flexibility index (Phi) is 6.42. The zero-order valence-corrected chi connectivity index (χ0v) is 11.6. The van der Waals surface area contributed by atoms with Crippen molar-refractivity contribution in [3.05, 3.63) is 26.3 Å². The summed E-state index contributed by atoms with van der Waals surface area (Å²) >= 11 is 3.18. The van der Waals surface area contributed by atoms with E-state index in [9.17, 15) is 13.6 Å². The van der Waals surface area contributed by atoms with Crippen LogP contribution in [0.3, 0.4) is 0 Å². The summed E-state index contributed by atoms with van der Waals surface area (Å²) in [4.78, 5) is 18.4. The average Bonchev–Trinajstić information content (AvgIpc) is 2.31. The average molecular weight is 325 g/mol. The molecule has 1 aromatic rings. The third kappa shape index (κ3) is 4.81. The molecule has 0 bridgehead atoms. The lowest BCUT2D eigenvalue weighted by atomic mass is 10.2. The van der Waals surface area contributed by atoms with Gasteiger partial charge in [0.1, 0.15) is 16.9 Å². The number of hydrogen-bond acceptors (Lipinski definition) is 3. The molecule has 0 atom stereocenters. The van der Waals surface area contributed by atoms with Crippen LogP contribution < -0.4 is 5.56 Å². The summed E-state index contributed by atoms with van der Waals surface area (Å²) in [5.74, 6) is 0.459. The maximum absolute atomic E-state index is 11.8. The van der Waals surface area contributed by atoms with E-state index in [1.54, 1.807) is 0 Å². The molecule has 0 aliphatic heterocycles. The van der Waals surface area contributed by atoms with Crippen LogP contribution in [0.5, 0.6) is 0 Å². The van der Waals surface area contributed by atoms with Crippen LogP contribution in [0.25, 0.3) is 0 Å². The van der Waals surface area contributed by atoms with E-state index in [1.807, 2.05) is 6.92 Å². The van der Waals surface area contributed by atoms with Gasteiger partial charge in [-0.25, -0.2) is 13.8 Å². The third-order valence-corrected chi connectivity index (χ3v) is 3.01. The van der Waals surface area contributed by atoms with Crippen molar-refractivity contribution >= 4 is 15.9 Å². The minimum absolute atomic E-state index is 0.112. The fourth-order valence-corrected chi connectivity index (χ4v) is 1.81. The number of aromatic amines is 1. The van der Waals surface area contributed by atoms with Crippen LogP contribution in [0.2, 0.25) is 0 Å². The Morgan fingerprint density at radius 1 is 1.44 bits per heavy atom. The molecule has 0 spiro atoms. The van der Waals surface area contributed by atoms with Crippen molar-refractivity contribution in [2.24, 2.45) is 0 Å². The summed E-state index contributed by atoms with van der Waals surface area (Å²) < 4.78 is 28.9. The van der Waals surface area contributed by atoms with Gasteiger partial charge >= 0.3 is 0 Å². The first-order valence-corrected chi connectivity index (χ1v) is 6.47. The first-order valence-electron chi connectivity index (χ1n) is 5.68. The first-order chi connectivity index (χ1) is 8.54. The van der Waals surface area contributed by atoms with Gasteiger partial charge in [-0.1, -0.05) is 13.3 Å². The number of hydrogen-bond donors (Lipinski definition) is 1. The van der Waals surface area contributed by atoms with Gasteiger partial charge in [0.25, 0.3) is 12.0 Å². The number of rotatable bonds is 7. The number of nitrogens with zero attached hydrogens (tertiary/aromatic N) is 1. The molecule has 0 radical (unpaired) electrons. The van der Waals surface area contributed by atoms with Crippen LogP contribution in [0.15, 0.2) is 9.27 Å². The van der Waals surface area contributed by atoms with E-state index in [2.05, 4.69) is 25.9 Å². The monoisotopic (exact) mass is 324 g/mol. The number of H-pyrrole nitrogens is 1. The van der Waals surface area contributed by atoms with Gasteiger partial charge in [0.15, 0.2) is 0 Å². The molecule has 18 heavy (non-hydrogen) atoms. The number of alkyl halides is 2. The molecule has 7 heteroatoms. The van der Waals surface area contributed by atoms with E-state index in [4.69, 9.17) is 4.74 Å². The highest BCUT2D eigenvalue weighted by Gasteiger charge is 2.08. The lowest BCUT2D eigenvalue weighted by Crippen LogP contribution is -2.17. The van der Waals surface area contributed by atoms with Gasteiger partial charge in [-0.2, -0.15) is 0 Å². The van der Waals surface area contributed by atoms with E-state index in [1.165, 1.54) is 0 Å². The van der Waals surface area contributed by atoms with Crippen LogP contribution in [0, 0.1) is 0 Å². The third-order valence-electron chi connectivity index (χ3n) is 2.19. The molecule has 102 valence electrons. The maximum atomic E-state index is 11.8. The highest BCUT2D eigenvalue weighted by atomic mass is 79.9. The first kappa shape index (κ1) is 15.2. The fraction of sp³-hybridized carbons (Fsp3) is 0.636. The van der Waals surface area contributed by atoms with Gasteiger partial charge < -0.3 is 9.72 Å². The Labute approximate surface area is 112 Å². The van der Waals surface area contributed by atoms with E-state index in [-0.39, 0.29) is 12.2 Å². The van der Waals surface area contributed by atoms with E-state index in [0.29, 0.717) is 28.8 Å². The summed E-state index contributed by atoms with van der Waals surface area (Å²) in [6.07, 6.45) is -0.602. The molecule has 0 saturated heterocycles. The summed E-state index contributed by atoms with van der Waals surface area (Å²) in [7, 11) is 0. The van der Waals surface area contributed by atoms with Gasteiger partial charge in [0.05, 0.1) is 12.3 Å². The minimum atomic E-state index is -2.47. The van der Waals surface area contributed by atoms with Crippen molar-refractivity contribution in [1.29, 1.82) is 0 Å². The highest BCUT2D eigenvalue weighted by molar-refractivity contribution is 9.10. The fourth-order valence-electron chi connectivity index (χ4n) is 1.42. The zero-order valence-electron chi connectivity index (χ0n) is 10.0. The normalized spacial score (nSPS) is 11.2. The molecule has 0 aliphatic carbocycles. The van der Waals surface area contributed by atoms with Gasteiger partial charge in [0.2, 0.25) is 0 Å². The van der Waals surface area contributed by atoms with Crippen LogP contribution in [0.1, 0.15) is 24.9 Å². The van der Waals surface area contributed by atoms with Gasteiger partial charge in [-0.05, 0) is 22.4 Å². The summed E-state index contributed by atoms with van der Waals surface area (Å²) in [6, 6.07) is 0. The predicted molar refractivity (Wildman–Crippen MR) is 67.1 cm³/mol. The predicted octanol–water partition coefficient (Wildman–Crippen LogP) is 2.31. The Morgan fingerprint density at radius 2 is 2.17 bits per heavy atom. The molecule has 0 aliphatic rings. The topological polar surface area (TPSA) is 55.0 Å². The lowest BCUT2D eigenvalue weighted by molar-refractivity contribution is 0.0182. The van der Waals surface area contributed by atoms with Gasteiger partial charge in [0, 0.05) is 6.42 Å². The number of nitrogens with one attached hydrogen (secondary N) is 1. The molecule has 0 aromatic carbocycles. The van der Waals surface area contributed by atoms with Crippen LogP contribution in [-0.4, -0.2) is 29.6 Å². The Balaban J connectivity index is 2.63. The Bertz CT molecular complexity index is 438. The smallest absolute Gasteiger partial charge is 0.265 e. The largest absolute Gasteiger partial charge is 0.375 e. The van der Waals surface area contributed by atoms with Crippen molar-refractivity contribution in [3.63, 3.8) is 0 Å². The molecular formula is C11H15BrF2N2O2.